The van der Waals surface area contributed by atoms with Gasteiger partial charge < -0.3 is 4.90 Å². The van der Waals surface area contributed by atoms with E-state index in [0.717, 1.165) is 24.9 Å². The van der Waals surface area contributed by atoms with E-state index in [-0.39, 0.29) is 5.78 Å². The summed E-state index contributed by atoms with van der Waals surface area (Å²) in [6, 6.07) is 7.53. The number of Topliss-reactive ketones (excluding diaryl/α,β-unsaturated/α-hetero) is 1. The first-order valence-corrected chi connectivity index (χ1v) is 5.07. The van der Waals surface area contributed by atoms with E-state index in [1.165, 1.54) is 6.92 Å². The van der Waals surface area contributed by atoms with Gasteiger partial charge in [-0.05, 0) is 44.0 Å². The second-order valence-corrected chi connectivity index (χ2v) is 3.85. The average molecular weight is 203 g/mol. The minimum Gasteiger partial charge on any atom is -0.312 e. The number of anilines is 1. The molecule has 1 aliphatic carbocycles. The minimum atomic E-state index is 0.0469. The van der Waals surface area contributed by atoms with E-state index in [2.05, 4.69) is 0 Å². The number of benzene rings is 1. The molecule has 0 heterocycles. The Bertz CT molecular complexity index is 379. The predicted molar refractivity (Wildman–Crippen MR) is 58.0 cm³/mol. The quantitative estimate of drug-likeness (QED) is 0.554. The maximum absolute atomic E-state index is 11.1. The Morgan fingerprint density at radius 3 is 2.33 bits per heavy atom. The molecule has 1 saturated carbocycles. The van der Waals surface area contributed by atoms with Crippen LogP contribution in [-0.4, -0.2) is 18.2 Å². The molecule has 0 atom stereocenters. The minimum absolute atomic E-state index is 0.0469. The molecule has 3 nitrogen and oxygen atoms in total. The van der Waals surface area contributed by atoms with Gasteiger partial charge in [0.2, 0.25) is 6.41 Å². The summed E-state index contributed by atoms with van der Waals surface area (Å²) in [7, 11) is 0. The SMILES string of the molecule is CC(=O)c1ccc(N(C=O)C2CC2)cc1. The van der Waals surface area contributed by atoms with Gasteiger partial charge in [-0.25, -0.2) is 0 Å². The molecular weight excluding hydrogens is 190 g/mol. The van der Waals surface area contributed by atoms with Crippen LogP contribution in [0.15, 0.2) is 24.3 Å². The number of rotatable bonds is 4. The maximum Gasteiger partial charge on any atom is 0.214 e. The molecule has 1 aliphatic rings. The summed E-state index contributed by atoms with van der Waals surface area (Å²) in [5, 5.41) is 0. The van der Waals surface area contributed by atoms with Crippen molar-refractivity contribution in [1.82, 2.24) is 0 Å². The third-order valence-electron chi connectivity index (χ3n) is 2.63. The fraction of sp³-hybridized carbons (Fsp3) is 0.333. The highest BCUT2D eigenvalue weighted by Crippen LogP contribution is 2.30. The molecule has 0 unspecified atom stereocenters. The Morgan fingerprint density at radius 1 is 1.33 bits per heavy atom. The average Bonchev–Trinajstić information content (AvgIpc) is 3.04. The van der Waals surface area contributed by atoms with E-state index in [1.54, 1.807) is 17.0 Å². The predicted octanol–water partition coefficient (Wildman–Crippen LogP) is 2.01. The molecule has 1 aromatic rings. The highest BCUT2D eigenvalue weighted by molar-refractivity contribution is 5.94. The summed E-state index contributed by atoms with van der Waals surface area (Å²) in [6.45, 7) is 1.54. The second kappa shape index (κ2) is 3.85. The first-order chi connectivity index (χ1) is 7.22. The van der Waals surface area contributed by atoms with Crippen LogP contribution in [0, 0.1) is 0 Å². The van der Waals surface area contributed by atoms with Gasteiger partial charge in [0, 0.05) is 17.3 Å². The number of carbonyl (C=O) groups is 2. The summed E-state index contributed by atoms with van der Waals surface area (Å²) in [5.41, 5.74) is 1.55. The number of ketones is 1. The van der Waals surface area contributed by atoms with Gasteiger partial charge in [0.25, 0.3) is 0 Å². The Balaban J connectivity index is 2.21. The van der Waals surface area contributed by atoms with Gasteiger partial charge >= 0.3 is 0 Å². The number of hydrogen-bond donors (Lipinski definition) is 0. The van der Waals surface area contributed by atoms with Crippen LogP contribution in [-0.2, 0) is 4.79 Å². The molecular formula is C12H13NO2. The monoisotopic (exact) mass is 203 g/mol. The lowest BCUT2D eigenvalue weighted by molar-refractivity contribution is -0.107. The molecule has 2 rings (SSSR count). The van der Waals surface area contributed by atoms with Crippen molar-refractivity contribution in [2.45, 2.75) is 25.8 Å². The Hall–Kier alpha value is -1.64. The first-order valence-electron chi connectivity index (χ1n) is 5.07. The van der Waals surface area contributed by atoms with Crippen molar-refractivity contribution in [1.29, 1.82) is 0 Å². The third-order valence-corrected chi connectivity index (χ3v) is 2.63. The Morgan fingerprint density at radius 2 is 1.93 bits per heavy atom. The van der Waals surface area contributed by atoms with E-state index in [1.807, 2.05) is 12.1 Å². The van der Waals surface area contributed by atoms with E-state index in [4.69, 9.17) is 0 Å². The zero-order chi connectivity index (χ0) is 10.8. The number of nitrogens with zero attached hydrogens (tertiary/aromatic N) is 1. The third kappa shape index (κ3) is 2.06. The van der Waals surface area contributed by atoms with Crippen molar-refractivity contribution in [2.75, 3.05) is 4.90 Å². The molecule has 0 aliphatic heterocycles. The second-order valence-electron chi connectivity index (χ2n) is 3.85. The van der Waals surface area contributed by atoms with Crippen LogP contribution in [0.1, 0.15) is 30.1 Å². The summed E-state index contributed by atoms with van der Waals surface area (Å²) in [6.07, 6.45) is 3.01. The van der Waals surface area contributed by atoms with Crippen LogP contribution in [0.5, 0.6) is 0 Å². The van der Waals surface area contributed by atoms with Crippen molar-refractivity contribution < 1.29 is 9.59 Å². The molecule has 1 aromatic carbocycles. The lowest BCUT2D eigenvalue weighted by Gasteiger charge is -2.16. The van der Waals surface area contributed by atoms with Crippen LogP contribution < -0.4 is 4.90 Å². The maximum atomic E-state index is 11.1. The van der Waals surface area contributed by atoms with Crippen LogP contribution >= 0.6 is 0 Å². The zero-order valence-electron chi connectivity index (χ0n) is 8.64. The molecule has 0 N–H and O–H groups in total. The largest absolute Gasteiger partial charge is 0.312 e. The van der Waals surface area contributed by atoms with E-state index >= 15 is 0 Å². The van der Waals surface area contributed by atoms with Gasteiger partial charge in [0.1, 0.15) is 0 Å². The molecule has 78 valence electrons. The number of carbonyl (C=O) groups excluding carboxylic acids is 2. The lowest BCUT2D eigenvalue weighted by Crippen LogP contribution is -2.23. The molecule has 0 spiro atoms. The van der Waals surface area contributed by atoms with Crippen molar-refractivity contribution in [3.05, 3.63) is 29.8 Å². The fourth-order valence-electron chi connectivity index (χ4n) is 1.58. The lowest BCUT2D eigenvalue weighted by atomic mass is 10.1. The summed E-state index contributed by atoms with van der Waals surface area (Å²) < 4.78 is 0. The van der Waals surface area contributed by atoms with Crippen LogP contribution in [0.2, 0.25) is 0 Å². The molecule has 15 heavy (non-hydrogen) atoms. The molecule has 0 radical (unpaired) electrons. The normalized spacial score (nSPS) is 14.7. The fourth-order valence-corrected chi connectivity index (χ4v) is 1.58. The van der Waals surface area contributed by atoms with Gasteiger partial charge in [0.15, 0.2) is 5.78 Å². The summed E-state index contributed by atoms with van der Waals surface area (Å²) in [5.74, 6) is 0.0469. The highest BCUT2D eigenvalue weighted by atomic mass is 16.1. The van der Waals surface area contributed by atoms with Gasteiger partial charge in [-0.3, -0.25) is 9.59 Å². The van der Waals surface area contributed by atoms with E-state index < -0.39 is 0 Å². The highest BCUT2D eigenvalue weighted by Gasteiger charge is 2.28. The smallest absolute Gasteiger partial charge is 0.214 e. The molecule has 1 amide bonds. The van der Waals surface area contributed by atoms with Crippen LogP contribution in [0.3, 0.4) is 0 Å². The summed E-state index contributed by atoms with van der Waals surface area (Å²) in [4.78, 5) is 23.6. The van der Waals surface area contributed by atoms with Crippen molar-refractivity contribution >= 4 is 17.9 Å². The zero-order valence-corrected chi connectivity index (χ0v) is 8.64. The Labute approximate surface area is 88.7 Å². The molecule has 3 heteroatoms. The van der Waals surface area contributed by atoms with Gasteiger partial charge in [0.05, 0.1) is 0 Å². The molecule has 0 bridgehead atoms. The topological polar surface area (TPSA) is 37.4 Å². The van der Waals surface area contributed by atoms with Crippen LogP contribution in [0.4, 0.5) is 5.69 Å². The van der Waals surface area contributed by atoms with Gasteiger partial charge in [-0.15, -0.1) is 0 Å². The first kappa shape index (κ1) is 9.90. The summed E-state index contributed by atoms with van der Waals surface area (Å²) >= 11 is 0. The Kier molecular flexibility index (Phi) is 2.54. The number of amides is 1. The van der Waals surface area contributed by atoms with E-state index in [9.17, 15) is 9.59 Å². The van der Waals surface area contributed by atoms with Crippen molar-refractivity contribution in [2.24, 2.45) is 0 Å². The molecule has 0 aromatic heterocycles. The molecule has 0 saturated heterocycles. The van der Waals surface area contributed by atoms with Crippen molar-refractivity contribution in [3.8, 4) is 0 Å². The van der Waals surface area contributed by atoms with Gasteiger partial charge in [-0.2, -0.15) is 0 Å². The van der Waals surface area contributed by atoms with E-state index in [0.29, 0.717) is 11.6 Å². The van der Waals surface area contributed by atoms with Crippen LogP contribution in [0.25, 0.3) is 0 Å². The van der Waals surface area contributed by atoms with Gasteiger partial charge in [-0.1, -0.05) is 0 Å². The number of hydrogen-bond acceptors (Lipinski definition) is 2. The standard InChI is InChI=1S/C12H13NO2/c1-9(15)10-2-4-11(5-3-10)13(8-14)12-6-7-12/h2-5,8,12H,6-7H2,1H3. The molecule has 1 fully saturated rings. The van der Waals surface area contributed by atoms with Crippen molar-refractivity contribution in [3.63, 3.8) is 0 Å².